The van der Waals surface area contributed by atoms with Crippen LogP contribution < -0.4 is 5.56 Å². The van der Waals surface area contributed by atoms with Crippen molar-refractivity contribution in [1.29, 1.82) is 0 Å². The summed E-state index contributed by atoms with van der Waals surface area (Å²) in [6, 6.07) is 0. The van der Waals surface area contributed by atoms with Crippen molar-refractivity contribution in [3.8, 4) is 0 Å². The molecule has 0 saturated carbocycles. The van der Waals surface area contributed by atoms with Gasteiger partial charge in [-0.05, 0) is 0 Å². The van der Waals surface area contributed by atoms with Crippen LogP contribution >= 0.6 is 11.6 Å². The van der Waals surface area contributed by atoms with E-state index in [0.29, 0.717) is 0 Å². The van der Waals surface area contributed by atoms with E-state index in [2.05, 4.69) is 0 Å². The van der Waals surface area contributed by atoms with Crippen molar-refractivity contribution in [2.75, 3.05) is 0 Å². The minimum atomic E-state index is -4.56. The van der Waals surface area contributed by atoms with Crippen LogP contribution in [0.3, 0.4) is 0 Å². The van der Waals surface area contributed by atoms with E-state index in [9.17, 15) is 18.0 Å². The van der Waals surface area contributed by atoms with Crippen molar-refractivity contribution in [2.24, 2.45) is 7.05 Å². The molecular formula is C6H6ClF3N2O. The number of hydrogen-bond acceptors (Lipinski definition) is 1. The molecule has 0 atom stereocenters. The molecule has 0 saturated heterocycles. The first kappa shape index (κ1) is 10.2. The van der Waals surface area contributed by atoms with Gasteiger partial charge in [0, 0.05) is 7.05 Å². The number of aromatic amines is 1. The van der Waals surface area contributed by atoms with Crippen LogP contribution in [0.5, 0.6) is 0 Å². The lowest BCUT2D eigenvalue weighted by Crippen LogP contribution is -2.14. The van der Waals surface area contributed by atoms with E-state index >= 15 is 0 Å². The van der Waals surface area contributed by atoms with Gasteiger partial charge in [-0.2, -0.15) is 13.2 Å². The number of halogens is 4. The molecule has 13 heavy (non-hydrogen) atoms. The molecule has 0 fully saturated rings. The number of hydrogen-bond donors (Lipinski definition) is 1. The third kappa shape index (κ3) is 1.72. The van der Waals surface area contributed by atoms with Crippen LogP contribution in [-0.4, -0.2) is 9.78 Å². The monoisotopic (exact) mass is 214 g/mol. The molecular weight excluding hydrogens is 209 g/mol. The predicted molar refractivity (Wildman–Crippen MR) is 40.6 cm³/mol. The highest BCUT2D eigenvalue weighted by atomic mass is 35.5. The lowest BCUT2D eigenvalue weighted by atomic mass is 10.3. The third-order valence-electron chi connectivity index (χ3n) is 1.56. The maximum atomic E-state index is 12.2. The zero-order valence-corrected chi connectivity index (χ0v) is 7.33. The van der Waals surface area contributed by atoms with E-state index in [4.69, 9.17) is 11.6 Å². The van der Waals surface area contributed by atoms with Gasteiger partial charge in [0.2, 0.25) is 0 Å². The fourth-order valence-electron chi connectivity index (χ4n) is 0.954. The van der Waals surface area contributed by atoms with Gasteiger partial charge in [-0.25, -0.2) is 0 Å². The first-order chi connectivity index (χ1) is 5.88. The SMILES string of the molecule is Cn1[nH]c(C(F)(F)F)c(CCl)c1=O. The molecule has 0 aromatic carbocycles. The number of rotatable bonds is 1. The van der Waals surface area contributed by atoms with Gasteiger partial charge in [-0.3, -0.25) is 14.6 Å². The molecule has 0 aliphatic carbocycles. The maximum Gasteiger partial charge on any atom is 0.433 e. The average molecular weight is 215 g/mol. The number of alkyl halides is 4. The van der Waals surface area contributed by atoms with E-state index in [-0.39, 0.29) is 0 Å². The minimum absolute atomic E-state index is 0.448. The van der Waals surface area contributed by atoms with Crippen molar-refractivity contribution in [3.63, 3.8) is 0 Å². The zero-order chi connectivity index (χ0) is 10.2. The first-order valence-corrected chi connectivity index (χ1v) is 3.82. The number of H-pyrrole nitrogens is 1. The lowest BCUT2D eigenvalue weighted by Gasteiger charge is -2.03. The summed E-state index contributed by atoms with van der Waals surface area (Å²) in [5.41, 5.74) is -2.27. The molecule has 1 aromatic heterocycles. The molecule has 1 heterocycles. The van der Waals surface area contributed by atoms with E-state index < -0.39 is 28.9 Å². The van der Waals surface area contributed by atoms with Crippen LogP contribution in [0.25, 0.3) is 0 Å². The van der Waals surface area contributed by atoms with Gasteiger partial charge in [0.05, 0.1) is 11.4 Å². The molecule has 1 rings (SSSR count). The Morgan fingerprint density at radius 3 is 2.38 bits per heavy atom. The number of nitrogens with zero attached hydrogens (tertiary/aromatic N) is 1. The Bertz CT molecular complexity index is 365. The molecule has 0 aliphatic rings. The molecule has 0 bridgehead atoms. The smallest absolute Gasteiger partial charge is 0.291 e. The summed E-state index contributed by atoms with van der Waals surface area (Å²) in [7, 11) is 1.20. The highest BCUT2D eigenvalue weighted by molar-refractivity contribution is 6.17. The number of nitrogens with one attached hydrogen (secondary N) is 1. The van der Waals surface area contributed by atoms with Crippen molar-refractivity contribution in [2.45, 2.75) is 12.1 Å². The van der Waals surface area contributed by atoms with Gasteiger partial charge in [0.15, 0.2) is 0 Å². The van der Waals surface area contributed by atoms with Crippen molar-refractivity contribution < 1.29 is 13.2 Å². The van der Waals surface area contributed by atoms with Crippen molar-refractivity contribution in [3.05, 3.63) is 21.6 Å². The molecule has 1 N–H and O–H groups in total. The Morgan fingerprint density at radius 2 is 2.08 bits per heavy atom. The Kier molecular flexibility index (Phi) is 2.42. The van der Waals surface area contributed by atoms with E-state index in [1.54, 1.807) is 0 Å². The first-order valence-electron chi connectivity index (χ1n) is 3.29. The Hall–Kier alpha value is -0.910. The highest BCUT2D eigenvalue weighted by Gasteiger charge is 2.37. The zero-order valence-electron chi connectivity index (χ0n) is 6.57. The van der Waals surface area contributed by atoms with Crippen LogP contribution in [-0.2, 0) is 19.1 Å². The predicted octanol–water partition coefficient (Wildman–Crippen LogP) is 1.47. The maximum absolute atomic E-state index is 12.2. The molecule has 0 unspecified atom stereocenters. The van der Waals surface area contributed by atoms with Gasteiger partial charge in [-0.15, -0.1) is 11.6 Å². The largest absolute Gasteiger partial charge is 0.433 e. The van der Waals surface area contributed by atoms with Crippen LogP contribution in [0.15, 0.2) is 4.79 Å². The van der Waals surface area contributed by atoms with Crippen molar-refractivity contribution in [1.82, 2.24) is 9.78 Å². The second-order valence-electron chi connectivity index (χ2n) is 2.46. The van der Waals surface area contributed by atoms with E-state index in [1.165, 1.54) is 7.05 Å². The van der Waals surface area contributed by atoms with E-state index in [1.807, 2.05) is 5.10 Å². The topological polar surface area (TPSA) is 37.8 Å². The molecule has 74 valence electrons. The molecule has 1 aromatic rings. The van der Waals surface area contributed by atoms with Crippen LogP contribution in [0, 0.1) is 0 Å². The summed E-state index contributed by atoms with van der Waals surface area (Å²) < 4.78 is 37.3. The normalized spacial score (nSPS) is 12.1. The fourth-order valence-corrected chi connectivity index (χ4v) is 1.20. The molecule has 0 aliphatic heterocycles. The second-order valence-corrected chi connectivity index (χ2v) is 2.73. The van der Waals surface area contributed by atoms with Gasteiger partial charge in [0.25, 0.3) is 5.56 Å². The molecule has 0 radical (unpaired) electrons. The van der Waals surface area contributed by atoms with Gasteiger partial charge >= 0.3 is 6.18 Å². The van der Waals surface area contributed by atoms with Gasteiger partial charge < -0.3 is 0 Å². The minimum Gasteiger partial charge on any atom is -0.291 e. The lowest BCUT2D eigenvalue weighted by molar-refractivity contribution is -0.141. The summed E-state index contributed by atoms with van der Waals surface area (Å²) in [6.07, 6.45) is -4.56. The average Bonchev–Trinajstić information content (AvgIpc) is 2.28. The molecule has 7 heteroatoms. The third-order valence-corrected chi connectivity index (χ3v) is 1.83. The summed E-state index contributed by atoms with van der Waals surface area (Å²) in [6.45, 7) is 0. The van der Waals surface area contributed by atoms with Crippen molar-refractivity contribution >= 4 is 11.6 Å². The second kappa shape index (κ2) is 3.10. The van der Waals surface area contributed by atoms with Gasteiger partial charge in [-0.1, -0.05) is 0 Å². The fraction of sp³-hybridized carbons (Fsp3) is 0.500. The quantitative estimate of drug-likeness (QED) is 0.707. The summed E-state index contributed by atoms with van der Waals surface area (Å²) in [5.74, 6) is -0.453. The molecule has 0 amide bonds. The van der Waals surface area contributed by atoms with Gasteiger partial charge in [0.1, 0.15) is 5.69 Å². The Labute approximate surface area is 76.1 Å². The molecule has 3 nitrogen and oxygen atoms in total. The highest BCUT2D eigenvalue weighted by Crippen LogP contribution is 2.29. The standard InChI is InChI=1S/C6H6ClF3N2O/c1-12-5(13)3(2-7)4(11-12)6(8,9)10/h11H,2H2,1H3. The Balaban J connectivity index is 3.39. The van der Waals surface area contributed by atoms with Crippen LogP contribution in [0.2, 0.25) is 0 Å². The number of aryl methyl sites for hydroxylation is 1. The summed E-state index contributed by atoms with van der Waals surface area (Å²) in [4.78, 5) is 11.0. The number of aromatic nitrogens is 2. The van der Waals surface area contributed by atoms with Crippen LogP contribution in [0.1, 0.15) is 11.3 Å². The molecule has 0 spiro atoms. The van der Waals surface area contributed by atoms with E-state index in [0.717, 1.165) is 4.68 Å². The van der Waals surface area contributed by atoms with Crippen LogP contribution in [0.4, 0.5) is 13.2 Å². The summed E-state index contributed by atoms with van der Waals surface area (Å²) >= 11 is 5.22. The summed E-state index contributed by atoms with van der Waals surface area (Å²) in [5, 5.41) is 1.90. The Morgan fingerprint density at radius 1 is 1.54 bits per heavy atom.